The molecule has 0 heterocycles. The van der Waals surface area contributed by atoms with Gasteiger partial charge in [0.2, 0.25) is 0 Å². The lowest BCUT2D eigenvalue weighted by atomic mass is 10.0. The predicted octanol–water partition coefficient (Wildman–Crippen LogP) is 5.25. The Labute approximate surface area is 149 Å². The highest BCUT2D eigenvalue weighted by atomic mass is 16.5. The van der Waals surface area contributed by atoms with Crippen LogP contribution in [0.15, 0.2) is 91.0 Å². The van der Waals surface area contributed by atoms with Crippen LogP contribution in [0.2, 0.25) is 0 Å². The zero-order chi connectivity index (χ0) is 17.5. The third-order valence-corrected chi connectivity index (χ3v) is 3.91. The summed E-state index contributed by atoms with van der Waals surface area (Å²) in [4.78, 5) is 0. The molecule has 1 unspecified atom stereocenters. The van der Waals surface area contributed by atoms with Gasteiger partial charge < -0.3 is 9.84 Å². The van der Waals surface area contributed by atoms with Gasteiger partial charge in [-0.25, -0.2) is 0 Å². The first-order valence-electron chi connectivity index (χ1n) is 8.45. The number of aliphatic hydroxyl groups excluding tert-OH is 1. The molecule has 0 aliphatic carbocycles. The average molecular weight is 330 g/mol. The smallest absolute Gasteiger partial charge is 0.149 e. The van der Waals surface area contributed by atoms with Gasteiger partial charge in [0.15, 0.2) is 0 Å². The van der Waals surface area contributed by atoms with Crippen LogP contribution in [-0.4, -0.2) is 11.2 Å². The minimum absolute atomic E-state index is 0.152. The number of aliphatic hydroxyl groups is 1. The molecule has 2 nitrogen and oxygen atoms in total. The van der Waals surface area contributed by atoms with Gasteiger partial charge >= 0.3 is 0 Å². The SMILES string of the molecule is CC(O)C=Cc1ccc(OC(c2ccccc2)c2ccccc2)cc1. The third kappa shape index (κ3) is 4.82. The van der Waals surface area contributed by atoms with E-state index < -0.39 is 6.10 Å². The maximum atomic E-state index is 9.33. The van der Waals surface area contributed by atoms with Crippen molar-refractivity contribution < 1.29 is 9.84 Å². The van der Waals surface area contributed by atoms with E-state index in [9.17, 15) is 5.11 Å². The molecule has 0 saturated carbocycles. The van der Waals surface area contributed by atoms with Crippen molar-refractivity contribution >= 4 is 6.08 Å². The lowest BCUT2D eigenvalue weighted by Crippen LogP contribution is -2.09. The largest absolute Gasteiger partial charge is 0.481 e. The molecule has 25 heavy (non-hydrogen) atoms. The maximum absolute atomic E-state index is 9.33. The first kappa shape index (κ1) is 17.0. The zero-order valence-electron chi connectivity index (χ0n) is 14.2. The Bertz CT molecular complexity index is 751. The van der Waals surface area contributed by atoms with Crippen molar-refractivity contribution in [1.29, 1.82) is 0 Å². The lowest BCUT2D eigenvalue weighted by Gasteiger charge is -2.20. The molecule has 3 aromatic carbocycles. The quantitative estimate of drug-likeness (QED) is 0.669. The van der Waals surface area contributed by atoms with Crippen molar-refractivity contribution in [2.75, 3.05) is 0 Å². The van der Waals surface area contributed by atoms with Crippen LogP contribution in [0.5, 0.6) is 5.75 Å². The normalized spacial score (nSPS) is 12.4. The highest BCUT2D eigenvalue weighted by Crippen LogP contribution is 2.28. The molecular formula is C23H22O2. The summed E-state index contributed by atoms with van der Waals surface area (Å²) in [5.41, 5.74) is 3.27. The lowest BCUT2D eigenvalue weighted by molar-refractivity contribution is 0.245. The van der Waals surface area contributed by atoms with Crippen molar-refractivity contribution in [3.8, 4) is 5.75 Å². The summed E-state index contributed by atoms with van der Waals surface area (Å²) in [5, 5.41) is 9.33. The molecule has 0 amide bonds. The van der Waals surface area contributed by atoms with E-state index >= 15 is 0 Å². The second-order valence-electron chi connectivity index (χ2n) is 5.99. The molecular weight excluding hydrogens is 308 g/mol. The zero-order valence-corrected chi connectivity index (χ0v) is 14.2. The van der Waals surface area contributed by atoms with Gasteiger partial charge in [-0.15, -0.1) is 0 Å². The van der Waals surface area contributed by atoms with Crippen LogP contribution in [-0.2, 0) is 0 Å². The fraction of sp³-hybridized carbons (Fsp3) is 0.130. The highest BCUT2D eigenvalue weighted by molar-refractivity contribution is 5.51. The molecule has 0 radical (unpaired) electrons. The summed E-state index contributed by atoms with van der Waals surface area (Å²) >= 11 is 0. The van der Waals surface area contributed by atoms with E-state index in [-0.39, 0.29) is 6.10 Å². The Morgan fingerprint density at radius 1 is 0.760 bits per heavy atom. The second-order valence-corrected chi connectivity index (χ2v) is 5.99. The van der Waals surface area contributed by atoms with Crippen molar-refractivity contribution in [1.82, 2.24) is 0 Å². The number of ether oxygens (including phenoxy) is 1. The van der Waals surface area contributed by atoms with Crippen molar-refractivity contribution in [2.24, 2.45) is 0 Å². The van der Waals surface area contributed by atoms with Gasteiger partial charge in [-0.3, -0.25) is 0 Å². The Kier molecular flexibility index (Phi) is 5.65. The topological polar surface area (TPSA) is 29.5 Å². The Hall–Kier alpha value is -2.84. The molecule has 0 aliphatic rings. The molecule has 0 aromatic heterocycles. The van der Waals surface area contributed by atoms with Crippen LogP contribution in [0.25, 0.3) is 6.08 Å². The third-order valence-electron chi connectivity index (χ3n) is 3.91. The summed E-state index contributed by atoms with van der Waals surface area (Å²) < 4.78 is 6.29. The van der Waals surface area contributed by atoms with Crippen LogP contribution < -0.4 is 4.74 Å². The van der Waals surface area contributed by atoms with Crippen LogP contribution in [0.4, 0.5) is 0 Å². The minimum atomic E-state index is -0.448. The average Bonchev–Trinajstić information content (AvgIpc) is 2.67. The summed E-state index contributed by atoms with van der Waals surface area (Å²) in [7, 11) is 0. The van der Waals surface area contributed by atoms with Crippen LogP contribution in [0.1, 0.15) is 29.7 Å². The summed E-state index contributed by atoms with van der Waals surface area (Å²) in [6.07, 6.45) is 3.06. The number of hydrogen-bond acceptors (Lipinski definition) is 2. The van der Waals surface area contributed by atoms with Crippen molar-refractivity contribution in [3.63, 3.8) is 0 Å². The molecule has 126 valence electrons. The molecule has 3 aromatic rings. The van der Waals surface area contributed by atoms with E-state index in [1.165, 1.54) is 0 Å². The number of hydrogen-bond donors (Lipinski definition) is 1. The highest BCUT2D eigenvalue weighted by Gasteiger charge is 2.15. The Morgan fingerprint density at radius 3 is 1.76 bits per heavy atom. The molecule has 0 saturated heterocycles. The van der Waals surface area contributed by atoms with Crippen molar-refractivity contribution in [2.45, 2.75) is 19.1 Å². The van der Waals surface area contributed by atoms with Gasteiger partial charge in [0.1, 0.15) is 11.9 Å². The van der Waals surface area contributed by atoms with Gasteiger partial charge in [-0.1, -0.05) is 84.9 Å². The van der Waals surface area contributed by atoms with E-state index in [2.05, 4.69) is 24.3 Å². The van der Waals surface area contributed by atoms with E-state index in [0.29, 0.717) is 0 Å². The van der Waals surface area contributed by atoms with E-state index in [0.717, 1.165) is 22.4 Å². The molecule has 3 rings (SSSR count). The van der Waals surface area contributed by atoms with Gasteiger partial charge in [0.25, 0.3) is 0 Å². The van der Waals surface area contributed by atoms with E-state index in [1.807, 2.05) is 66.7 Å². The molecule has 2 heteroatoms. The van der Waals surface area contributed by atoms with Gasteiger partial charge in [-0.05, 0) is 35.7 Å². The Morgan fingerprint density at radius 2 is 1.28 bits per heavy atom. The Balaban J connectivity index is 1.83. The van der Waals surface area contributed by atoms with Crippen LogP contribution >= 0.6 is 0 Å². The molecule has 0 aliphatic heterocycles. The van der Waals surface area contributed by atoms with Gasteiger partial charge in [0, 0.05) is 0 Å². The first-order valence-corrected chi connectivity index (χ1v) is 8.45. The van der Waals surface area contributed by atoms with Crippen LogP contribution in [0, 0.1) is 0 Å². The minimum Gasteiger partial charge on any atom is -0.481 e. The molecule has 1 atom stereocenters. The first-order chi connectivity index (χ1) is 12.2. The standard InChI is InChI=1S/C23H22O2/c1-18(24)12-13-19-14-16-22(17-15-19)25-23(20-8-4-2-5-9-20)21-10-6-3-7-11-21/h2-18,23-24H,1H3. The second kappa shape index (κ2) is 8.32. The van der Waals surface area contributed by atoms with Gasteiger partial charge in [-0.2, -0.15) is 0 Å². The summed E-state index contributed by atoms with van der Waals surface area (Å²) in [6.45, 7) is 1.73. The molecule has 1 N–H and O–H groups in total. The van der Waals surface area contributed by atoms with Gasteiger partial charge in [0.05, 0.1) is 6.10 Å². The van der Waals surface area contributed by atoms with Crippen molar-refractivity contribution in [3.05, 3.63) is 108 Å². The predicted molar refractivity (Wildman–Crippen MR) is 103 cm³/mol. The fourth-order valence-corrected chi connectivity index (χ4v) is 2.63. The summed E-state index contributed by atoms with van der Waals surface area (Å²) in [5.74, 6) is 0.812. The molecule has 0 spiro atoms. The number of rotatable bonds is 6. The maximum Gasteiger partial charge on any atom is 0.149 e. The van der Waals surface area contributed by atoms with Crippen LogP contribution in [0.3, 0.4) is 0 Å². The number of benzene rings is 3. The van der Waals surface area contributed by atoms with E-state index in [4.69, 9.17) is 4.74 Å². The fourth-order valence-electron chi connectivity index (χ4n) is 2.63. The molecule has 0 fully saturated rings. The summed E-state index contributed by atoms with van der Waals surface area (Å²) in [6, 6.07) is 28.3. The molecule has 0 bridgehead atoms. The van der Waals surface area contributed by atoms with E-state index in [1.54, 1.807) is 13.0 Å². The monoisotopic (exact) mass is 330 g/mol.